The molecule has 0 aromatic rings. The number of carbonyl (C=O) groups excluding carboxylic acids is 4. The summed E-state index contributed by atoms with van der Waals surface area (Å²) < 4.78 is 9.14. The third-order valence-electron chi connectivity index (χ3n) is 3.18. The molecule has 0 heterocycles. The third-order valence-corrected chi connectivity index (χ3v) is 3.18. The molecular formula is C15H26N2O6. The molecule has 0 fully saturated rings. The number of hydrogen-bond donors (Lipinski definition) is 2. The van der Waals surface area contributed by atoms with Crippen LogP contribution in [0.25, 0.3) is 0 Å². The van der Waals surface area contributed by atoms with E-state index in [1.54, 1.807) is 13.8 Å². The van der Waals surface area contributed by atoms with Gasteiger partial charge in [0.1, 0.15) is 12.1 Å². The van der Waals surface area contributed by atoms with Crippen molar-refractivity contribution in [3.63, 3.8) is 0 Å². The van der Waals surface area contributed by atoms with Crippen LogP contribution in [-0.2, 0) is 28.7 Å². The highest BCUT2D eigenvalue weighted by atomic mass is 16.6. The third kappa shape index (κ3) is 9.75. The first-order valence-electron chi connectivity index (χ1n) is 7.81. The van der Waals surface area contributed by atoms with E-state index in [2.05, 4.69) is 9.47 Å². The standard InChI is InChI=1S/C15H26N2O6/c1-3-10(16)14(20)22-12(18)8-6-5-7-9-13(19)23-15(21)11(17)4-2/h10-11H,3-9,16-17H2,1-2H3. The average molecular weight is 330 g/mol. The predicted molar refractivity (Wildman–Crippen MR) is 81.8 cm³/mol. The zero-order valence-corrected chi connectivity index (χ0v) is 13.7. The van der Waals surface area contributed by atoms with E-state index in [0.29, 0.717) is 32.1 Å². The molecule has 0 spiro atoms. The maximum atomic E-state index is 11.4. The van der Waals surface area contributed by atoms with E-state index in [0.717, 1.165) is 0 Å². The van der Waals surface area contributed by atoms with Gasteiger partial charge in [0.15, 0.2) is 0 Å². The van der Waals surface area contributed by atoms with Crippen molar-refractivity contribution in [1.29, 1.82) is 0 Å². The van der Waals surface area contributed by atoms with Crippen LogP contribution in [0, 0.1) is 0 Å². The minimum atomic E-state index is -0.791. The minimum Gasteiger partial charge on any atom is -0.392 e. The molecule has 8 nitrogen and oxygen atoms in total. The Bertz CT molecular complexity index is 386. The monoisotopic (exact) mass is 330 g/mol. The van der Waals surface area contributed by atoms with Crippen LogP contribution in [-0.4, -0.2) is 36.0 Å². The van der Waals surface area contributed by atoms with Crippen molar-refractivity contribution in [2.75, 3.05) is 0 Å². The first-order chi connectivity index (χ1) is 10.8. The molecule has 0 aromatic heterocycles. The summed E-state index contributed by atoms with van der Waals surface area (Å²) in [6.45, 7) is 3.43. The normalized spacial score (nSPS) is 13.0. The van der Waals surface area contributed by atoms with Crippen LogP contribution in [0.5, 0.6) is 0 Å². The smallest absolute Gasteiger partial charge is 0.330 e. The van der Waals surface area contributed by atoms with E-state index < -0.39 is 36.0 Å². The molecule has 0 aromatic carbocycles. The molecule has 132 valence electrons. The molecule has 0 saturated carbocycles. The van der Waals surface area contributed by atoms with Crippen molar-refractivity contribution >= 4 is 23.9 Å². The van der Waals surface area contributed by atoms with Gasteiger partial charge >= 0.3 is 23.9 Å². The quantitative estimate of drug-likeness (QED) is 0.336. The lowest BCUT2D eigenvalue weighted by atomic mass is 10.1. The van der Waals surface area contributed by atoms with Crippen LogP contribution in [0.3, 0.4) is 0 Å². The number of esters is 4. The summed E-state index contributed by atoms with van der Waals surface area (Å²) in [4.78, 5) is 45.3. The molecule has 8 heteroatoms. The number of unbranched alkanes of at least 4 members (excludes halogenated alkanes) is 2. The van der Waals surface area contributed by atoms with Gasteiger partial charge < -0.3 is 20.9 Å². The Labute approximate surface area is 135 Å². The maximum absolute atomic E-state index is 11.4. The van der Waals surface area contributed by atoms with Gasteiger partial charge in [0.2, 0.25) is 0 Å². The summed E-state index contributed by atoms with van der Waals surface area (Å²) in [5.74, 6) is -2.73. The first kappa shape index (κ1) is 21.2. The molecule has 0 amide bonds. The number of nitrogens with two attached hydrogens (primary N) is 2. The van der Waals surface area contributed by atoms with Crippen molar-refractivity contribution in [2.24, 2.45) is 11.5 Å². The first-order valence-corrected chi connectivity index (χ1v) is 7.81. The molecule has 23 heavy (non-hydrogen) atoms. The molecule has 0 aliphatic rings. The molecule has 0 aliphatic heterocycles. The second-order valence-corrected chi connectivity index (χ2v) is 5.18. The van der Waals surface area contributed by atoms with E-state index >= 15 is 0 Å². The zero-order chi connectivity index (χ0) is 17.8. The fourth-order valence-electron chi connectivity index (χ4n) is 1.53. The highest BCUT2D eigenvalue weighted by molar-refractivity contribution is 5.88. The Morgan fingerprint density at radius 1 is 0.739 bits per heavy atom. The molecule has 0 bridgehead atoms. The molecule has 0 radical (unpaired) electrons. The van der Waals surface area contributed by atoms with Crippen LogP contribution in [0.2, 0.25) is 0 Å². The van der Waals surface area contributed by atoms with Crippen molar-refractivity contribution in [3.8, 4) is 0 Å². The molecule has 0 aliphatic carbocycles. The van der Waals surface area contributed by atoms with E-state index in [4.69, 9.17) is 11.5 Å². The summed E-state index contributed by atoms with van der Waals surface area (Å²) in [6.07, 6.45) is 2.41. The van der Waals surface area contributed by atoms with Gasteiger partial charge in [-0.15, -0.1) is 0 Å². The predicted octanol–water partition coefficient (Wildman–Crippen LogP) is 0.551. The Kier molecular flexibility index (Phi) is 10.8. The largest absolute Gasteiger partial charge is 0.392 e. The fourth-order valence-corrected chi connectivity index (χ4v) is 1.53. The molecule has 2 unspecified atom stereocenters. The Hall–Kier alpha value is -1.80. The van der Waals surface area contributed by atoms with Crippen molar-refractivity contribution in [1.82, 2.24) is 0 Å². The van der Waals surface area contributed by atoms with Crippen LogP contribution in [0.4, 0.5) is 0 Å². The van der Waals surface area contributed by atoms with Gasteiger partial charge in [0, 0.05) is 12.8 Å². The van der Waals surface area contributed by atoms with Crippen molar-refractivity contribution < 1.29 is 28.7 Å². The highest BCUT2D eigenvalue weighted by Gasteiger charge is 2.18. The number of rotatable bonds is 10. The molecule has 4 N–H and O–H groups in total. The second-order valence-electron chi connectivity index (χ2n) is 5.18. The van der Waals surface area contributed by atoms with Gasteiger partial charge in [-0.05, 0) is 25.7 Å². The Morgan fingerprint density at radius 2 is 1.09 bits per heavy atom. The van der Waals surface area contributed by atoms with Gasteiger partial charge in [-0.2, -0.15) is 0 Å². The van der Waals surface area contributed by atoms with Crippen LogP contribution < -0.4 is 11.5 Å². The number of ether oxygens (including phenoxy) is 2. The number of carbonyl (C=O) groups is 4. The SMILES string of the molecule is CCC(N)C(=O)OC(=O)CCCCCC(=O)OC(=O)C(N)CC. The lowest BCUT2D eigenvalue weighted by molar-refractivity contribution is -0.162. The van der Waals surface area contributed by atoms with Gasteiger partial charge in [0.05, 0.1) is 0 Å². The molecule has 2 atom stereocenters. The summed E-state index contributed by atoms with van der Waals surface area (Å²) in [6, 6.07) is -1.58. The second kappa shape index (κ2) is 11.7. The topological polar surface area (TPSA) is 139 Å². The van der Waals surface area contributed by atoms with Crippen molar-refractivity contribution in [2.45, 2.75) is 70.9 Å². The summed E-state index contributed by atoms with van der Waals surface area (Å²) in [5, 5.41) is 0. The van der Waals surface area contributed by atoms with Gasteiger partial charge in [-0.25, -0.2) is 9.59 Å². The fraction of sp³-hybridized carbons (Fsp3) is 0.733. The Morgan fingerprint density at radius 3 is 1.39 bits per heavy atom. The summed E-state index contributed by atoms with van der Waals surface area (Å²) in [5.41, 5.74) is 10.9. The van der Waals surface area contributed by atoms with Crippen LogP contribution in [0.1, 0.15) is 58.8 Å². The number of hydrogen-bond acceptors (Lipinski definition) is 8. The van der Waals surface area contributed by atoms with Crippen LogP contribution in [0.15, 0.2) is 0 Å². The van der Waals surface area contributed by atoms with E-state index in [-0.39, 0.29) is 12.8 Å². The highest BCUT2D eigenvalue weighted by Crippen LogP contribution is 2.06. The van der Waals surface area contributed by atoms with Crippen LogP contribution >= 0.6 is 0 Å². The Balaban J connectivity index is 3.76. The van der Waals surface area contributed by atoms with Gasteiger partial charge in [-0.3, -0.25) is 9.59 Å². The average Bonchev–Trinajstić information content (AvgIpc) is 2.52. The van der Waals surface area contributed by atoms with E-state index in [9.17, 15) is 19.2 Å². The van der Waals surface area contributed by atoms with Crippen molar-refractivity contribution in [3.05, 3.63) is 0 Å². The molecule has 0 saturated heterocycles. The summed E-state index contributed by atoms with van der Waals surface area (Å²) >= 11 is 0. The molecule has 0 rings (SSSR count). The van der Waals surface area contributed by atoms with E-state index in [1.165, 1.54) is 0 Å². The van der Waals surface area contributed by atoms with E-state index in [1.807, 2.05) is 0 Å². The lowest BCUT2D eigenvalue weighted by Crippen LogP contribution is -2.33. The van der Waals surface area contributed by atoms with Gasteiger partial charge in [-0.1, -0.05) is 20.3 Å². The molecular weight excluding hydrogens is 304 g/mol. The zero-order valence-electron chi connectivity index (χ0n) is 13.7. The van der Waals surface area contributed by atoms with Gasteiger partial charge in [0.25, 0.3) is 0 Å². The summed E-state index contributed by atoms with van der Waals surface area (Å²) in [7, 11) is 0. The minimum absolute atomic E-state index is 0.0663. The maximum Gasteiger partial charge on any atom is 0.330 e. The lowest BCUT2D eigenvalue weighted by Gasteiger charge is -2.08.